The summed E-state index contributed by atoms with van der Waals surface area (Å²) >= 11 is 2.93. The van der Waals surface area contributed by atoms with E-state index < -0.39 is 0 Å². The van der Waals surface area contributed by atoms with Crippen LogP contribution >= 0.6 is 22.7 Å². The van der Waals surface area contributed by atoms with Gasteiger partial charge in [0, 0.05) is 10.8 Å². The fourth-order valence-electron chi connectivity index (χ4n) is 1.05. The lowest BCUT2D eigenvalue weighted by Gasteiger charge is -1.89. The first kappa shape index (κ1) is 10.2. The molecule has 0 saturated carbocycles. The minimum atomic E-state index is 0.360. The van der Waals surface area contributed by atoms with E-state index in [1.165, 1.54) is 22.7 Å². The maximum atomic E-state index is 6.91. The average Bonchev–Trinajstić information content (AvgIpc) is 2.88. The minimum Gasteiger partial charge on any atom is -0.454 e. The summed E-state index contributed by atoms with van der Waals surface area (Å²) in [4.78, 5) is 0. The molecular formula is C10H9NO2S2. The topological polar surface area (TPSA) is 42.3 Å². The number of fused-ring (bicyclic) bond motifs is 1. The molecule has 0 fully saturated rings. The Kier molecular flexibility index (Phi) is 3.37. The van der Waals surface area contributed by atoms with E-state index >= 15 is 0 Å². The fraction of sp³-hybridized carbons (Fsp3) is 0.100. The van der Waals surface area contributed by atoms with Gasteiger partial charge in [-0.25, -0.2) is 0 Å². The van der Waals surface area contributed by atoms with Crippen LogP contribution in [0.15, 0.2) is 35.0 Å². The van der Waals surface area contributed by atoms with E-state index in [2.05, 4.69) is 0 Å². The zero-order valence-corrected chi connectivity index (χ0v) is 9.44. The van der Waals surface area contributed by atoms with Crippen molar-refractivity contribution in [2.24, 2.45) is 0 Å². The molecule has 0 atom stereocenters. The molecule has 0 amide bonds. The van der Waals surface area contributed by atoms with Crippen molar-refractivity contribution < 1.29 is 9.47 Å². The van der Waals surface area contributed by atoms with E-state index in [0.29, 0.717) is 10.8 Å². The Hall–Kier alpha value is -1.33. The molecule has 1 aromatic carbocycles. The van der Waals surface area contributed by atoms with Crippen molar-refractivity contribution in [1.82, 2.24) is 0 Å². The van der Waals surface area contributed by atoms with Crippen LogP contribution in [-0.2, 0) is 0 Å². The van der Waals surface area contributed by atoms with Crippen LogP contribution in [0.25, 0.3) is 0 Å². The van der Waals surface area contributed by atoms with Crippen molar-refractivity contribution in [3.63, 3.8) is 0 Å². The Bertz CT molecular complexity index is 438. The highest BCUT2D eigenvalue weighted by Gasteiger charge is 2.09. The molecule has 15 heavy (non-hydrogen) atoms. The van der Waals surface area contributed by atoms with Gasteiger partial charge in [0.15, 0.2) is 15.5 Å². The summed E-state index contributed by atoms with van der Waals surface area (Å²) in [5, 5.41) is 10.7. The second kappa shape index (κ2) is 4.95. The summed E-state index contributed by atoms with van der Waals surface area (Å²) < 4.78 is 10.8. The molecule has 0 bridgehead atoms. The third-order valence-corrected chi connectivity index (χ3v) is 3.41. The quantitative estimate of drug-likeness (QED) is 0.768. The van der Waals surface area contributed by atoms with Crippen LogP contribution in [0.5, 0.6) is 11.5 Å². The predicted octanol–water partition coefficient (Wildman–Crippen LogP) is 2.70. The molecule has 1 aliphatic heterocycles. The highest BCUT2D eigenvalue weighted by Crippen LogP contribution is 2.30. The molecule has 1 aromatic heterocycles. The van der Waals surface area contributed by atoms with Gasteiger partial charge in [0.25, 0.3) is 0 Å². The molecule has 2 heterocycles. The lowest BCUT2D eigenvalue weighted by atomic mass is 10.3. The number of rotatable bonds is 0. The monoisotopic (exact) mass is 239 g/mol. The van der Waals surface area contributed by atoms with Crippen LogP contribution < -0.4 is 13.5 Å². The molecular weight excluding hydrogens is 230 g/mol. The molecule has 3 nitrogen and oxygen atoms in total. The maximum absolute atomic E-state index is 6.91. The molecule has 0 spiro atoms. The van der Waals surface area contributed by atoms with E-state index in [1.807, 2.05) is 35.0 Å². The van der Waals surface area contributed by atoms with E-state index in [0.717, 1.165) is 11.5 Å². The van der Waals surface area contributed by atoms with E-state index in [4.69, 9.17) is 14.9 Å². The second-order valence-electron chi connectivity index (χ2n) is 2.65. The summed E-state index contributed by atoms with van der Waals surface area (Å²) in [6.07, 6.45) is 0. The zero-order valence-electron chi connectivity index (χ0n) is 7.80. The largest absolute Gasteiger partial charge is 0.454 e. The van der Waals surface area contributed by atoms with Gasteiger partial charge in [-0.2, -0.15) is 0 Å². The van der Waals surface area contributed by atoms with Crippen LogP contribution in [0, 0.1) is 5.41 Å². The zero-order chi connectivity index (χ0) is 10.5. The van der Waals surface area contributed by atoms with Crippen LogP contribution in [0.4, 0.5) is 0 Å². The van der Waals surface area contributed by atoms with Gasteiger partial charge in [-0.1, -0.05) is 12.1 Å². The third-order valence-electron chi connectivity index (χ3n) is 1.68. The molecule has 0 unspecified atom stereocenters. The van der Waals surface area contributed by atoms with Gasteiger partial charge in [-0.05, 0) is 12.1 Å². The maximum Gasteiger partial charge on any atom is 0.231 e. The van der Waals surface area contributed by atoms with Crippen molar-refractivity contribution >= 4 is 22.7 Å². The number of nitrogens with one attached hydrogen (secondary N) is 1. The summed E-state index contributed by atoms with van der Waals surface area (Å²) in [6.45, 7) is 0.360. The van der Waals surface area contributed by atoms with Gasteiger partial charge in [-0.3, -0.25) is 5.41 Å². The molecule has 0 radical (unpaired) electrons. The van der Waals surface area contributed by atoms with Crippen molar-refractivity contribution in [3.8, 4) is 11.5 Å². The molecule has 78 valence electrons. The van der Waals surface area contributed by atoms with Gasteiger partial charge in [0.05, 0.1) is 0 Å². The normalized spacial score (nSPS) is 11.7. The molecule has 2 aromatic rings. The Morgan fingerprint density at radius 3 is 1.93 bits per heavy atom. The first-order valence-corrected chi connectivity index (χ1v) is 6.04. The van der Waals surface area contributed by atoms with Crippen LogP contribution in [0.3, 0.4) is 0 Å². The Morgan fingerprint density at radius 1 is 1.00 bits per heavy atom. The summed E-state index contributed by atoms with van der Waals surface area (Å²) in [7, 11) is 0. The summed E-state index contributed by atoms with van der Waals surface area (Å²) in [5.41, 5.74) is 0. The molecule has 1 aliphatic rings. The van der Waals surface area contributed by atoms with Crippen LogP contribution in [0.2, 0.25) is 0 Å². The molecule has 5 heteroatoms. The molecule has 1 N–H and O–H groups in total. The van der Waals surface area contributed by atoms with Gasteiger partial charge in [0.1, 0.15) is 0 Å². The number of para-hydroxylation sites is 2. The van der Waals surface area contributed by atoms with E-state index in [-0.39, 0.29) is 0 Å². The fourth-order valence-corrected chi connectivity index (χ4v) is 2.30. The Labute approximate surface area is 95.1 Å². The SMILES string of the molecule is N=c1sccs1.c1ccc2c(c1)OCO2. The number of hydrogen-bond donors (Lipinski definition) is 1. The number of hydrogen-bond acceptors (Lipinski definition) is 5. The van der Waals surface area contributed by atoms with E-state index in [1.54, 1.807) is 0 Å². The smallest absolute Gasteiger partial charge is 0.231 e. The summed E-state index contributed by atoms with van der Waals surface area (Å²) in [6, 6.07) is 7.63. The van der Waals surface area contributed by atoms with Crippen molar-refractivity contribution in [3.05, 3.63) is 39.0 Å². The molecule has 0 saturated heterocycles. The predicted molar refractivity (Wildman–Crippen MR) is 60.6 cm³/mol. The van der Waals surface area contributed by atoms with Gasteiger partial charge in [-0.15, -0.1) is 22.7 Å². The number of ether oxygens (including phenoxy) is 2. The Morgan fingerprint density at radius 2 is 1.53 bits per heavy atom. The standard InChI is InChI=1S/C7H6O2.C3H3NS2/c1-2-4-7-6(3-1)8-5-9-7;4-3-5-1-2-6-3/h1-4H,5H2;1-2,4H. The van der Waals surface area contributed by atoms with Crippen molar-refractivity contribution in [1.29, 1.82) is 5.41 Å². The second-order valence-corrected chi connectivity index (χ2v) is 4.74. The van der Waals surface area contributed by atoms with Crippen LogP contribution in [-0.4, -0.2) is 6.79 Å². The number of benzene rings is 1. The Balaban J connectivity index is 0.000000124. The third kappa shape index (κ3) is 2.81. The lowest BCUT2D eigenvalue weighted by Crippen LogP contribution is -1.92. The van der Waals surface area contributed by atoms with Crippen LogP contribution in [0.1, 0.15) is 0 Å². The minimum absolute atomic E-state index is 0.360. The van der Waals surface area contributed by atoms with Gasteiger partial charge in [0.2, 0.25) is 6.79 Å². The summed E-state index contributed by atoms with van der Waals surface area (Å²) in [5.74, 6) is 1.69. The molecule has 0 aliphatic carbocycles. The van der Waals surface area contributed by atoms with Gasteiger partial charge < -0.3 is 9.47 Å². The first-order valence-electron chi connectivity index (χ1n) is 4.28. The van der Waals surface area contributed by atoms with Crippen molar-refractivity contribution in [2.45, 2.75) is 0 Å². The van der Waals surface area contributed by atoms with E-state index in [9.17, 15) is 0 Å². The van der Waals surface area contributed by atoms with Crippen molar-refractivity contribution in [2.75, 3.05) is 6.79 Å². The first-order chi connectivity index (χ1) is 7.36. The highest BCUT2D eigenvalue weighted by molar-refractivity contribution is 7.24. The molecule has 3 rings (SSSR count). The van der Waals surface area contributed by atoms with Gasteiger partial charge >= 0.3 is 0 Å². The average molecular weight is 239 g/mol. The lowest BCUT2D eigenvalue weighted by molar-refractivity contribution is 0.174. The highest BCUT2D eigenvalue weighted by atomic mass is 32.2.